The Hall–Kier alpha value is -0.0800. The van der Waals surface area contributed by atoms with Crippen LogP contribution in [0, 0.1) is 17.3 Å². The van der Waals surface area contributed by atoms with Crippen LogP contribution in [0.1, 0.15) is 52.9 Å². The molecule has 1 atom stereocenters. The molecular formula is C14H30N2. The normalized spacial score (nSPS) is 20.1. The first-order valence-corrected chi connectivity index (χ1v) is 6.98. The molecule has 2 nitrogen and oxygen atoms in total. The molecule has 1 rings (SSSR count). The lowest BCUT2D eigenvalue weighted by Gasteiger charge is -2.20. The molecule has 1 aliphatic rings. The zero-order valence-corrected chi connectivity index (χ0v) is 11.4. The molecule has 2 heteroatoms. The molecule has 96 valence electrons. The Bertz CT molecular complexity index is 185. The SMILES string of the molecule is CC(C)C(CCN)CCCNCC1(C)CC1. The van der Waals surface area contributed by atoms with Gasteiger partial charge in [0.15, 0.2) is 0 Å². The minimum absolute atomic E-state index is 0.648. The Morgan fingerprint density at radius 3 is 2.44 bits per heavy atom. The van der Waals surface area contributed by atoms with Crippen LogP contribution in [-0.2, 0) is 0 Å². The Labute approximate surface area is 101 Å². The highest BCUT2D eigenvalue weighted by molar-refractivity contribution is 4.90. The third-order valence-corrected chi connectivity index (χ3v) is 4.06. The lowest BCUT2D eigenvalue weighted by Crippen LogP contribution is -2.24. The van der Waals surface area contributed by atoms with Crippen LogP contribution in [0.3, 0.4) is 0 Å². The van der Waals surface area contributed by atoms with Gasteiger partial charge < -0.3 is 11.1 Å². The van der Waals surface area contributed by atoms with Gasteiger partial charge in [-0.05, 0) is 62.4 Å². The van der Waals surface area contributed by atoms with E-state index < -0.39 is 0 Å². The van der Waals surface area contributed by atoms with Gasteiger partial charge in [-0.25, -0.2) is 0 Å². The van der Waals surface area contributed by atoms with E-state index in [4.69, 9.17) is 5.73 Å². The first kappa shape index (κ1) is 14.0. The molecule has 0 radical (unpaired) electrons. The van der Waals surface area contributed by atoms with Crippen LogP contribution in [0.15, 0.2) is 0 Å². The van der Waals surface area contributed by atoms with Gasteiger partial charge in [0.05, 0.1) is 0 Å². The van der Waals surface area contributed by atoms with Crippen molar-refractivity contribution in [2.24, 2.45) is 23.0 Å². The Morgan fingerprint density at radius 1 is 1.25 bits per heavy atom. The van der Waals surface area contributed by atoms with Crippen molar-refractivity contribution in [3.05, 3.63) is 0 Å². The molecule has 0 heterocycles. The average molecular weight is 226 g/mol. The summed E-state index contributed by atoms with van der Waals surface area (Å²) >= 11 is 0. The summed E-state index contributed by atoms with van der Waals surface area (Å²) in [6.07, 6.45) is 6.66. The Kier molecular flexibility index (Phi) is 5.77. The molecule has 1 fully saturated rings. The second-order valence-electron chi connectivity index (χ2n) is 6.21. The zero-order valence-electron chi connectivity index (χ0n) is 11.4. The summed E-state index contributed by atoms with van der Waals surface area (Å²) in [5.74, 6) is 1.60. The summed E-state index contributed by atoms with van der Waals surface area (Å²) < 4.78 is 0. The van der Waals surface area contributed by atoms with E-state index in [2.05, 4.69) is 26.1 Å². The highest BCUT2D eigenvalue weighted by atomic mass is 14.9. The van der Waals surface area contributed by atoms with Gasteiger partial charge in [-0.15, -0.1) is 0 Å². The van der Waals surface area contributed by atoms with E-state index in [9.17, 15) is 0 Å². The van der Waals surface area contributed by atoms with Crippen LogP contribution in [0.2, 0.25) is 0 Å². The molecule has 0 amide bonds. The van der Waals surface area contributed by atoms with Gasteiger partial charge >= 0.3 is 0 Å². The third kappa shape index (κ3) is 5.31. The number of nitrogens with two attached hydrogens (primary N) is 1. The molecule has 0 aromatic carbocycles. The van der Waals surface area contributed by atoms with Crippen molar-refractivity contribution in [2.45, 2.75) is 52.9 Å². The maximum atomic E-state index is 5.65. The lowest BCUT2D eigenvalue weighted by atomic mass is 9.88. The van der Waals surface area contributed by atoms with E-state index in [1.54, 1.807) is 0 Å². The molecule has 1 unspecified atom stereocenters. The Morgan fingerprint density at radius 2 is 1.94 bits per heavy atom. The molecule has 3 N–H and O–H groups in total. The van der Waals surface area contributed by atoms with Crippen molar-refractivity contribution in [1.29, 1.82) is 0 Å². The minimum atomic E-state index is 0.648. The van der Waals surface area contributed by atoms with E-state index in [0.717, 1.165) is 18.4 Å². The van der Waals surface area contributed by atoms with Crippen LogP contribution < -0.4 is 11.1 Å². The number of hydrogen-bond acceptors (Lipinski definition) is 2. The summed E-state index contributed by atoms with van der Waals surface area (Å²) in [5, 5.41) is 3.59. The quantitative estimate of drug-likeness (QED) is 0.593. The van der Waals surface area contributed by atoms with E-state index in [1.165, 1.54) is 45.2 Å². The molecule has 0 bridgehead atoms. The topological polar surface area (TPSA) is 38.0 Å². The van der Waals surface area contributed by atoms with E-state index in [1.807, 2.05) is 0 Å². The van der Waals surface area contributed by atoms with Crippen LogP contribution >= 0.6 is 0 Å². The number of hydrogen-bond donors (Lipinski definition) is 2. The predicted octanol–water partition coefficient (Wildman–Crippen LogP) is 2.78. The smallest absolute Gasteiger partial charge is 0.000517 e. The molecule has 0 aromatic heterocycles. The molecule has 1 saturated carbocycles. The molecule has 0 aliphatic heterocycles. The Balaban J connectivity index is 1.99. The van der Waals surface area contributed by atoms with Crippen LogP contribution in [0.25, 0.3) is 0 Å². The molecule has 0 aromatic rings. The van der Waals surface area contributed by atoms with Crippen molar-refractivity contribution in [3.63, 3.8) is 0 Å². The average Bonchev–Trinajstić information content (AvgIpc) is 2.94. The standard InChI is InChI=1S/C14H30N2/c1-12(2)13(6-9-15)5-4-10-16-11-14(3)7-8-14/h12-13,16H,4-11,15H2,1-3H3. The fourth-order valence-electron chi connectivity index (χ4n) is 2.29. The van der Waals surface area contributed by atoms with E-state index in [0.29, 0.717) is 5.41 Å². The van der Waals surface area contributed by atoms with Crippen LogP contribution in [0.5, 0.6) is 0 Å². The highest BCUT2D eigenvalue weighted by Gasteiger charge is 2.36. The van der Waals surface area contributed by atoms with Gasteiger partial charge in [0.1, 0.15) is 0 Å². The summed E-state index contributed by atoms with van der Waals surface area (Å²) in [4.78, 5) is 0. The summed E-state index contributed by atoms with van der Waals surface area (Å²) in [6, 6.07) is 0. The molecular weight excluding hydrogens is 196 g/mol. The summed E-state index contributed by atoms with van der Waals surface area (Å²) in [7, 11) is 0. The monoisotopic (exact) mass is 226 g/mol. The number of rotatable bonds is 9. The highest BCUT2D eigenvalue weighted by Crippen LogP contribution is 2.43. The van der Waals surface area contributed by atoms with Crippen molar-refractivity contribution in [1.82, 2.24) is 5.32 Å². The fourth-order valence-corrected chi connectivity index (χ4v) is 2.29. The van der Waals surface area contributed by atoms with Gasteiger partial charge in [0.2, 0.25) is 0 Å². The van der Waals surface area contributed by atoms with Crippen LogP contribution in [0.4, 0.5) is 0 Å². The van der Waals surface area contributed by atoms with Gasteiger partial charge in [-0.2, -0.15) is 0 Å². The molecule has 16 heavy (non-hydrogen) atoms. The fraction of sp³-hybridized carbons (Fsp3) is 1.00. The first-order chi connectivity index (χ1) is 7.57. The largest absolute Gasteiger partial charge is 0.330 e. The van der Waals surface area contributed by atoms with Crippen molar-refractivity contribution in [2.75, 3.05) is 19.6 Å². The van der Waals surface area contributed by atoms with Crippen molar-refractivity contribution < 1.29 is 0 Å². The second-order valence-corrected chi connectivity index (χ2v) is 6.21. The predicted molar refractivity (Wildman–Crippen MR) is 71.4 cm³/mol. The first-order valence-electron chi connectivity index (χ1n) is 6.98. The van der Waals surface area contributed by atoms with Crippen molar-refractivity contribution >= 4 is 0 Å². The third-order valence-electron chi connectivity index (χ3n) is 4.06. The van der Waals surface area contributed by atoms with Crippen molar-refractivity contribution in [3.8, 4) is 0 Å². The summed E-state index contributed by atoms with van der Waals surface area (Å²) in [6.45, 7) is 10.3. The minimum Gasteiger partial charge on any atom is -0.330 e. The van der Waals surface area contributed by atoms with Crippen LogP contribution in [-0.4, -0.2) is 19.6 Å². The second kappa shape index (κ2) is 6.61. The maximum Gasteiger partial charge on any atom is 0.000517 e. The number of nitrogens with one attached hydrogen (secondary N) is 1. The van der Waals surface area contributed by atoms with Gasteiger partial charge in [-0.1, -0.05) is 20.8 Å². The molecule has 1 aliphatic carbocycles. The van der Waals surface area contributed by atoms with Gasteiger partial charge in [0, 0.05) is 6.54 Å². The van der Waals surface area contributed by atoms with E-state index >= 15 is 0 Å². The zero-order chi connectivity index (χ0) is 12.0. The maximum absolute atomic E-state index is 5.65. The van der Waals surface area contributed by atoms with Gasteiger partial charge in [-0.3, -0.25) is 0 Å². The summed E-state index contributed by atoms with van der Waals surface area (Å²) in [5.41, 5.74) is 6.29. The molecule has 0 spiro atoms. The molecule has 0 saturated heterocycles. The lowest BCUT2D eigenvalue weighted by molar-refractivity contribution is 0.329. The van der Waals surface area contributed by atoms with E-state index in [-0.39, 0.29) is 0 Å². The van der Waals surface area contributed by atoms with Gasteiger partial charge in [0.25, 0.3) is 0 Å².